The highest BCUT2D eigenvalue weighted by atomic mass is 19.4. The highest BCUT2D eigenvalue weighted by molar-refractivity contribution is 5.26. The van der Waals surface area contributed by atoms with Crippen LogP contribution in [0.2, 0.25) is 0 Å². The molecule has 114 valence electrons. The number of aryl methyl sites for hydroxylation is 1. The normalized spacial score (nSPS) is 13.4. The summed E-state index contributed by atoms with van der Waals surface area (Å²) in [6, 6.07) is 9.33. The fraction of sp³-hybridized carbons (Fsp3) is 0.375. The first-order valence-electron chi connectivity index (χ1n) is 6.96. The number of nitrogens with one attached hydrogen (secondary N) is 1. The molecule has 1 aromatic heterocycles. The van der Waals surface area contributed by atoms with E-state index in [0.29, 0.717) is 6.54 Å². The lowest BCUT2D eigenvalue weighted by Crippen LogP contribution is -2.20. The van der Waals surface area contributed by atoms with Gasteiger partial charge in [-0.2, -0.15) is 13.2 Å². The molecule has 1 aromatic carbocycles. The van der Waals surface area contributed by atoms with Crippen molar-refractivity contribution in [3.8, 4) is 0 Å². The van der Waals surface area contributed by atoms with E-state index in [0.717, 1.165) is 29.9 Å². The SMILES string of the molecule is CCn1cccc1CNC(C)c1ccc(C(F)(F)F)cc1. The van der Waals surface area contributed by atoms with Gasteiger partial charge in [-0.3, -0.25) is 0 Å². The second kappa shape index (κ2) is 6.35. The Morgan fingerprint density at radius 1 is 1.14 bits per heavy atom. The summed E-state index contributed by atoms with van der Waals surface area (Å²) in [7, 11) is 0. The minimum Gasteiger partial charge on any atom is -0.351 e. The third-order valence-corrected chi connectivity index (χ3v) is 3.59. The molecule has 1 atom stereocenters. The van der Waals surface area contributed by atoms with Crippen LogP contribution in [0.25, 0.3) is 0 Å². The largest absolute Gasteiger partial charge is 0.416 e. The molecule has 2 nitrogen and oxygen atoms in total. The fourth-order valence-corrected chi connectivity index (χ4v) is 2.25. The van der Waals surface area contributed by atoms with Crippen molar-refractivity contribution in [2.75, 3.05) is 0 Å². The van der Waals surface area contributed by atoms with Crippen LogP contribution in [-0.4, -0.2) is 4.57 Å². The molecule has 1 unspecified atom stereocenters. The molecule has 5 heteroatoms. The topological polar surface area (TPSA) is 17.0 Å². The monoisotopic (exact) mass is 296 g/mol. The molecule has 0 bridgehead atoms. The first-order chi connectivity index (χ1) is 9.91. The van der Waals surface area contributed by atoms with Gasteiger partial charge in [-0.15, -0.1) is 0 Å². The molecular weight excluding hydrogens is 277 g/mol. The van der Waals surface area contributed by atoms with Gasteiger partial charge in [-0.1, -0.05) is 12.1 Å². The molecule has 0 radical (unpaired) electrons. The van der Waals surface area contributed by atoms with Crippen LogP contribution in [0.4, 0.5) is 13.2 Å². The van der Waals surface area contributed by atoms with Crippen molar-refractivity contribution in [1.29, 1.82) is 0 Å². The van der Waals surface area contributed by atoms with Crippen molar-refractivity contribution < 1.29 is 13.2 Å². The number of alkyl halides is 3. The number of hydrogen-bond donors (Lipinski definition) is 1. The van der Waals surface area contributed by atoms with Gasteiger partial charge < -0.3 is 9.88 Å². The van der Waals surface area contributed by atoms with Crippen LogP contribution in [0.15, 0.2) is 42.6 Å². The summed E-state index contributed by atoms with van der Waals surface area (Å²) in [6.07, 6.45) is -2.27. The summed E-state index contributed by atoms with van der Waals surface area (Å²) in [5, 5.41) is 3.33. The second-order valence-electron chi connectivity index (χ2n) is 5.01. The fourth-order valence-electron chi connectivity index (χ4n) is 2.25. The summed E-state index contributed by atoms with van der Waals surface area (Å²) in [4.78, 5) is 0. The summed E-state index contributed by atoms with van der Waals surface area (Å²) in [6.45, 7) is 5.60. The molecule has 0 saturated heterocycles. The Morgan fingerprint density at radius 2 is 1.81 bits per heavy atom. The van der Waals surface area contributed by atoms with Crippen LogP contribution in [0.5, 0.6) is 0 Å². The number of aromatic nitrogens is 1. The van der Waals surface area contributed by atoms with Crippen LogP contribution in [0.1, 0.15) is 36.7 Å². The Morgan fingerprint density at radius 3 is 2.38 bits per heavy atom. The standard InChI is InChI=1S/C16H19F3N2/c1-3-21-10-4-5-15(21)11-20-12(2)13-6-8-14(9-7-13)16(17,18)19/h4-10,12,20H,3,11H2,1-2H3. The van der Waals surface area contributed by atoms with E-state index < -0.39 is 11.7 Å². The average molecular weight is 296 g/mol. The van der Waals surface area contributed by atoms with E-state index in [9.17, 15) is 13.2 Å². The van der Waals surface area contributed by atoms with Gasteiger partial charge in [0.15, 0.2) is 0 Å². The van der Waals surface area contributed by atoms with Crippen molar-refractivity contribution in [2.24, 2.45) is 0 Å². The molecular formula is C16H19F3N2. The molecule has 0 aliphatic heterocycles. The Bertz CT molecular complexity index is 570. The number of hydrogen-bond acceptors (Lipinski definition) is 1. The Balaban J connectivity index is 1.99. The van der Waals surface area contributed by atoms with E-state index in [-0.39, 0.29) is 6.04 Å². The predicted molar refractivity (Wildman–Crippen MR) is 76.8 cm³/mol. The molecule has 1 N–H and O–H groups in total. The van der Waals surface area contributed by atoms with Crippen LogP contribution < -0.4 is 5.32 Å². The molecule has 2 rings (SSSR count). The maximum atomic E-state index is 12.5. The predicted octanol–water partition coefficient (Wildman–Crippen LogP) is 4.38. The molecule has 0 spiro atoms. The van der Waals surface area contributed by atoms with Crippen molar-refractivity contribution in [1.82, 2.24) is 9.88 Å². The molecule has 0 fully saturated rings. The first kappa shape index (κ1) is 15.6. The van der Waals surface area contributed by atoms with Crippen molar-refractivity contribution in [3.63, 3.8) is 0 Å². The van der Waals surface area contributed by atoms with Gasteiger partial charge in [-0.25, -0.2) is 0 Å². The maximum Gasteiger partial charge on any atom is 0.416 e. The zero-order valence-corrected chi connectivity index (χ0v) is 12.1. The lowest BCUT2D eigenvalue weighted by atomic mass is 10.1. The first-order valence-corrected chi connectivity index (χ1v) is 6.96. The van der Waals surface area contributed by atoms with Crippen molar-refractivity contribution in [3.05, 3.63) is 59.4 Å². The number of benzene rings is 1. The number of halogens is 3. The average Bonchev–Trinajstić information content (AvgIpc) is 2.91. The van der Waals surface area contributed by atoms with Gasteiger partial charge in [-0.05, 0) is 43.7 Å². The Kier molecular flexibility index (Phi) is 4.73. The van der Waals surface area contributed by atoms with Crippen LogP contribution >= 0.6 is 0 Å². The molecule has 1 heterocycles. The van der Waals surface area contributed by atoms with Gasteiger partial charge >= 0.3 is 6.18 Å². The lowest BCUT2D eigenvalue weighted by molar-refractivity contribution is -0.137. The van der Waals surface area contributed by atoms with E-state index in [1.54, 1.807) is 0 Å². The highest BCUT2D eigenvalue weighted by Crippen LogP contribution is 2.29. The molecule has 0 saturated carbocycles. The van der Waals surface area contributed by atoms with E-state index in [4.69, 9.17) is 0 Å². The third kappa shape index (κ3) is 3.88. The quantitative estimate of drug-likeness (QED) is 0.866. The van der Waals surface area contributed by atoms with E-state index in [1.165, 1.54) is 12.1 Å². The highest BCUT2D eigenvalue weighted by Gasteiger charge is 2.30. The minimum atomic E-state index is -4.28. The number of nitrogens with zero attached hydrogens (tertiary/aromatic N) is 1. The molecule has 0 aliphatic rings. The summed E-state index contributed by atoms with van der Waals surface area (Å²) in [5.41, 5.74) is 1.40. The van der Waals surface area contributed by atoms with Crippen LogP contribution in [-0.2, 0) is 19.3 Å². The van der Waals surface area contributed by atoms with E-state index in [1.807, 2.05) is 25.3 Å². The summed E-state index contributed by atoms with van der Waals surface area (Å²) >= 11 is 0. The number of rotatable bonds is 5. The molecule has 21 heavy (non-hydrogen) atoms. The van der Waals surface area contributed by atoms with E-state index >= 15 is 0 Å². The van der Waals surface area contributed by atoms with Crippen molar-refractivity contribution >= 4 is 0 Å². The molecule has 2 aromatic rings. The van der Waals surface area contributed by atoms with E-state index in [2.05, 4.69) is 16.8 Å². The third-order valence-electron chi connectivity index (χ3n) is 3.59. The minimum absolute atomic E-state index is 0.00695. The van der Waals surface area contributed by atoms with Crippen molar-refractivity contribution in [2.45, 2.75) is 39.2 Å². The van der Waals surface area contributed by atoms with Gasteiger partial charge in [0.2, 0.25) is 0 Å². The van der Waals surface area contributed by atoms with Crippen LogP contribution in [0.3, 0.4) is 0 Å². The second-order valence-corrected chi connectivity index (χ2v) is 5.01. The summed E-state index contributed by atoms with van der Waals surface area (Å²) in [5.74, 6) is 0. The lowest BCUT2D eigenvalue weighted by Gasteiger charge is -2.16. The zero-order valence-electron chi connectivity index (χ0n) is 12.1. The van der Waals surface area contributed by atoms with Gasteiger partial charge in [0.1, 0.15) is 0 Å². The Labute approximate surface area is 122 Å². The molecule has 0 aliphatic carbocycles. The van der Waals surface area contributed by atoms with Gasteiger partial charge in [0.05, 0.1) is 5.56 Å². The smallest absolute Gasteiger partial charge is 0.351 e. The maximum absolute atomic E-state index is 12.5. The van der Waals surface area contributed by atoms with Gasteiger partial charge in [0.25, 0.3) is 0 Å². The summed E-state index contributed by atoms with van der Waals surface area (Å²) < 4.78 is 39.7. The zero-order chi connectivity index (χ0) is 15.5. The molecule has 0 amide bonds. The Hall–Kier alpha value is -1.75. The van der Waals surface area contributed by atoms with Gasteiger partial charge in [0, 0.05) is 31.0 Å². The van der Waals surface area contributed by atoms with Crippen LogP contribution in [0, 0.1) is 0 Å².